The van der Waals surface area contributed by atoms with Crippen molar-refractivity contribution in [3.05, 3.63) is 70.5 Å². The summed E-state index contributed by atoms with van der Waals surface area (Å²) in [6.45, 7) is 0. The second-order valence-electron chi connectivity index (χ2n) is 7.10. The van der Waals surface area contributed by atoms with E-state index in [-0.39, 0.29) is 17.6 Å². The highest BCUT2D eigenvalue weighted by molar-refractivity contribution is 7.03. The summed E-state index contributed by atoms with van der Waals surface area (Å²) in [6, 6.07) is 9.62. The van der Waals surface area contributed by atoms with Gasteiger partial charge in [0.15, 0.2) is 5.69 Å². The van der Waals surface area contributed by atoms with Crippen molar-refractivity contribution in [1.82, 2.24) is 19.9 Å². The average molecular weight is 442 g/mol. The van der Waals surface area contributed by atoms with E-state index in [1.54, 1.807) is 54.2 Å². The predicted octanol–water partition coefficient (Wildman–Crippen LogP) is 4.03. The number of carbonyl (C=O) groups excluding carboxylic acids is 2. The number of anilines is 1. The summed E-state index contributed by atoms with van der Waals surface area (Å²) in [4.78, 5) is 32.5. The fourth-order valence-electron chi connectivity index (χ4n) is 3.70. The van der Waals surface area contributed by atoms with Gasteiger partial charge in [0.05, 0.1) is 10.7 Å². The molecule has 1 aliphatic rings. The van der Waals surface area contributed by atoms with E-state index >= 15 is 0 Å². The highest BCUT2D eigenvalue weighted by atomic mass is 35.5. The van der Waals surface area contributed by atoms with Gasteiger partial charge in [-0.15, -0.1) is 5.10 Å². The van der Waals surface area contributed by atoms with Gasteiger partial charge in [-0.05, 0) is 42.6 Å². The Morgan fingerprint density at radius 1 is 1.17 bits per heavy atom. The van der Waals surface area contributed by atoms with Gasteiger partial charge in [-0.3, -0.25) is 19.5 Å². The van der Waals surface area contributed by atoms with Crippen LogP contribution in [0.5, 0.6) is 0 Å². The first-order valence-corrected chi connectivity index (χ1v) is 10.9. The van der Waals surface area contributed by atoms with Crippen molar-refractivity contribution in [1.29, 1.82) is 0 Å². The van der Waals surface area contributed by atoms with Crippen molar-refractivity contribution in [3.63, 3.8) is 0 Å². The summed E-state index contributed by atoms with van der Waals surface area (Å²) in [5, 5.41) is 8.94. The first-order valence-electron chi connectivity index (χ1n) is 9.70. The summed E-state index contributed by atoms with van der Waals surface area (Å²) in [6.07, 6.45) is 7.25. The Hall–Kier alpha value is -2.84. The fourth-order valence-corrected chi connectivity index (χ4v) is 4.36. The monoisotopic (exact) mass is 441 g/mol. The van der Waals surface area contributed by atoms with Gasteiger partial charge in [0.25, 0.3) is 5.91 Å². The number of rotatable bonds is 6. The third-order valence-corrected chi connectivity index (χ3v) is 5.94. The molecule has 0 unspecified atom stereocenters. The summed E-state index contributed by atoms with van der Waals surface area (Å²) in [5.41, 5.74) is 1.17. The molecule has 1 atom stereocenters. The van der Waals surface area contributed by atoms with E-state index in [0.717, 1.165) is 37.2 Å². The molecular formula is C21H20ClN5O2S. The Bertz CT molecular complexity index is 1010. The van der Waals surface area contributed by atoms with Gasteiger partial charge in [0.2, 0.25) is 5.91 Å². The van der Waals surface area contributed by atoms with Crippen molar-refractivity contribution >= 4 is 40.6 Å². The third-order valence-electron chi connectivity index (χ3n) is 5.12. The topological polar surface area (TPSA) is 88.1 Å². The fraction of sp³-hybridized carbons (Fsp3) is 0.286. The Morgan fingerprint density at radius 2 is 1.97 bits per heavy atom. The molecule has 7 nitrogen and oxygen atoms in total. The zero-order valence-electron chi connectivity index (χ0n) is 16.1. The highest BCUT2D eigenvalue weighted by Gasteiger charge is 2.36. The number of benzene rings is 1. The molecule has 2 amide bonds. The van der Waals surface area contributed by atoms with Gasteiger partial charge in [-0.1, -0.05) is 47.1 Å². The molecular weight excluding hydrogens is 422 g/mol. The number of amides is 2. The van der Waals surface area contributed by atoms with E-state index in [1.807, 2.05) is 0 Å². The summed E-state index contributed by atoms with van der Waals surface area (Å²) >= 11 is 7.53. The minimum Gasteiger partial charge on any atom is -0.351 e. The molecule has 0 radical (unpaired) electrons. The number of aromatic nitrogens is 3. The molecule has 0 saturated heterocycles. The lowest BCUT2D eigenvalue weighted by atomic mass is 10.0. The van der Waals surface area contributed by atoms with E-state index in [2.05, 4.69) is 19.9 Å². The van der Waals surface area contributed by atoms with Gasteiger partial charge >= 0.3 is 0 Å². The highest BCUT2D eigenvalue weighted by Crippen LogP contribution is 2.34. The normalized spacial score (nSPS) is 15.0. The van der Waals surface area contributed by atoms with Crippen molar-refractivity contribution < 1.29 is 9.59 Å². The second-order valence-corrected chi connectivity index (χ2v) is 8.11. The summed E-state index contributed by atoms with van der Waals surface area (Å²) < 4.78 is 3.80. The van der Waals surface area contributed by atoms with Crippen LogP contribution in [0.1, 0.15) is 47.8 Å². The molecule has 0 spiro atoms. The van der Waals surface area contributed by atoms with Crippen molar-refractivity contribution in [2.45, 2.75) is 37.8 Å². The van der Waals surface area contributed by atoms with Crippen LogP contribution in [0.15, 0.2) is 54.2 Å². The van der Waals surface area contributed by atoms with Crippen LogP contribution in [-0.4, -0.2) is 32.4 Å². The van der Waals surface area contributed by atoms with Crippen LogP contribution in [0.25, 0.3) is 0 Å². The maximum Gasteiger partial charge on any atom is 0.280 e. The maximum atomic E-state index is 13.5. The van der Waals surface area contributed by atoms with Crippen LogP contribution < -0.4 is 10.2 Å². The lowest BCUT2D eigenvalue weighted by Gasteiger charge is -2.32. The van der Waals surface area contributed by atoms with Crippen LogP contribution in [-0.2, 0) is 4.79 Å². The maximum absolute atomic E-state index is 13.5. The Balaban J connectivity index is 1.80. The van der Waals surface area contributed by atoms with E-state index in [4.69, 9.17) is 11.6 Å². The van der Waals surface area contributed by atoms with E-state index in [0.29, 0.717) is 16.3 Å². The van der Waals surface area contributed by atoms with Crippen molar-refractivity contribution in [2.24, 2.45) is 0 Å². The van der Waals surface area contributed by atoms with Crippen LogP contribution in [0.2, 0.25) is 5.02 Å². The Labute approximate surface area is 183 Å². The number of hydrogen-bond donors (Lipinski definition) is 1. The van der Waals surface area contributed by atoms with Crippen molar-refractivity contribution in [3.8, 4) is 0 Å². The van der Waals surface area contributed by atoms with Crippen LogP contribution >= 0.6 is 23.1 Å². The van der Waals surface area contributed by atoms with Crippen LogP contribution in [0.3, 0.4) is 0 Å². The summed E-state index contributed by atoms with van der Waals surface area (Å²) in [7, 11) is 0. The summed E-state index contributed by atoms with van der Waals surface area (Å²) in [5.74, 6) is -0.723. The van der Waals surface area contributed by atoms with Crippen LogP contribution in [0.4, 0.5) is 5.69 Å². The van der Waals surface area contributed by atoms with Crippen molar-refractivity contribution in [2.75, 3.05) is 4.90 Å². The molecule has 0 aliphatic heterocycles. The molecule has 2 aromatic heterocycles. The average Bonchev–Trinajstić information content (AvgIpc) is 3.47. The third kappa shape index (κ3) is 4.34. The molecule has 30 heavy (non-hydrogen) atoms. The quantitative estimate of drug-likeness (QED) is 0.623. The molecule has 1 fully saturated rings. The SMILES string of the molecule is O=C(NC1CCCC1)[C@@H](c1cccnc1)N(C(=O)c1csnn1)c1ccccc1Cl. The zero-order valence-corrected chi connectivity index (χ0v) is 17.6. The first-order chi connectivity index (χ1) is 14.6. The molecule has 1 N–H and O–H groups in total. The largest absolute Gasteiger partial charge is 0.351 e. The molecule has 2 heterocycles. The van der Waals surface area contributed by atoms with E-state index < -0.39 is 11.9 Å². The lowest BCUT2D eigenvalue weighted by Crippen LogP contribution is -2.46. The number of hydrogen-bond acceptors (Lipinski definition) is 6. The molecule has 1 aromatic carbocycles. The number of nitrogens with one attached hydrogen (secondary N) is 1. The molecule has 154 valence electrons. The Morgan fingerprint density at radius 3 is 2.63 bits per heavy atom. The van der Waals surface area contributed by atoms with Gasteiger partial charge in [-0.25, -0.2) is 0 Å². The number of nitrogens with zero attached hydrogens (tertiary/aromatic N) is 4. The number of para-hydroxylation sites is 1. The first kappa shape index (κ1) is 20.4. The molecule has 9 heteroatoms. The second kappa shape index (κ2) is 9.32. The standard InChI is InChI=1S/C21H20ClN5O2S/c22-16-9-3-4-10-18(16)27(21(29)17-13-30-26-25-17)19(14-6-5-11-23-12-14)20(28)24-15-7-1-2-8-15/h3-6,9-13,15,19H,1-2,7-8H2,(H,24,28)/t19-/m1/s1. The zero-order chi connectivity index (χ0) is 20.9. The van der Waals surface area contributed by atoms with Gasteiger partial charge in [0, 0.05) is 29.4 Å². The number of pyridine rings is 1. The van der Waals surface area contributed by atoms with Gasteiger partial charge in [-0.2, -0.15) is 0 Å². The minimum atomic E-state index is -0.951. The Kier molecular flexibility index (Phi) is 6.35. The molecule has 4 rings (SSSR count). The number of halogens is 1. The minimum absolute atomic E-state index is 0.0980. The number of carbonyl (C=O) groups is 2. The molecule has 1 aliphatic carbocycles. The molecule has 1 saturated carbocycles. The van der Waals surface area contributed by atoms with Gasteiger partial charge < -0.3 is 5.32 Å². The van der Waals surface area contributed by atoms with E-state index in [9.17, 15) is 9.59 Å². The predicted molar refractivity (Wildman–Crippen MR) is 116 cm³/mol. The molecule has 3 aromatic rings. The lowest BCUT2D eigenvalue weighted by molar-refractivity contribution is -0.123. The van der Waals surface area contributed by atoms with E-state index in [1.165, 1.54) is 4.90 Å². The smallest absolute Gasteiger partial charge is 0.280 e. The van der Waals surface area contributed by atoms with Crippen LogP contribution in [0, 0.1) is 0 Å². The molecule has 0 bridgehead atoms. The van der Waals surface area contributed by atoms with Gasteiger partial charge in [0.1, 0.15) is 6.04 Å².